The van der Waals surface area contributed by atoms with E-state index in [-0.39, 0.29) is 5.54 Å². The fourth-order valence-electron chi connectivity index (χ4n) is 6.14. The van der Waals surface area contributed by atoms with Gasteiger partial charge in [-0.1, -0.05) is 75.7 Å². The summed E-state index contributed by atoms with van der Waals surface area (Å²) in [4.78, 5) is 15.1. The Morgan fingerprint density at radius 1 is 0.837 bits per heavy atom. The number of likely N-dealkylation sites (tertiary alicyclic amines) is 1. The molecule has 8 nitrogen and oxygen atoms in total. The molecule has 0 bridgehead atoms. The highest BCUT2D eigenvalue weighted by Gasteiger charge is 2.32. The number of nitrogens with zero attached hydrogens (tertiary/aromatic N) is 6. The van der Waals surface area contributed by atoms with E-state index in [1.54, 1.807) is 0 Å². The highest BCUT2D eigenvalue weighted by Crippen LogP contribution is 2.40. The van der Waals surface area contributed by atoms with Gasteiger partial charge in [0.2, 0.25) is 0 Å². The van der Waals surface area contributed by atoms with Crippen LogP contribution in [0.5, 0.6) is 0 Å². The summed E-state index contributed by atoms with van der Waals surface area (Å²) in [7, 11) is -2.49. The van der Waals surface area contributed by atoms with Crippen LogP contribution in [0, 0.1) is 0 Å². The summed E-state index contributed by atoms with van der Waals surface area (Å²) in [6.45, 7) is 25.6. The van der Waals surface area contributed by atoms with Crippen molar-refractivity contribution in [1.29, 1.82) is 0 Å². The Labute approximate surface area is 304 Å². The molecule has 11 heteroatoms. The summed E-state index contributed by atoms with van der Waals surface area (Å²) in [5, 5.41) is 4.97. The summed E-state index contributed by atoms with van der Waals surface area (Å²) in [5.74, 6) is 1.25. The fraction of sp³-hybridized carbons (Fsp3) is 0.553. The lowest BCUT2D eigenvalue weighted by molar-refractivity contribution is 0.0938. The van der Waals surface area contributed by atoms with E-state index in [4.69, 9.17) is 24.5 Å². The van der Waals surface area contributed by atoms with Crippen molar-refractivity contribution in [2.45, 2.75) is 96.4 Å². The molecule has 0 unspecified atom stereocenters. The Hall–Kier alpha value is -2.42. The molecule has 266 valence electrons. The lowest BCUT2D eigenvalue weighted by Gasteiger charge is -2.41. The summed E-state index contributed by atoms with van der Waals surface area (Å²) < 4.78 is 15.8. The first-order valence-corrected chi connectivity index (χ1v) is 26.1. The van der Waals surface area contributed by atoms with E-state index in [1.807, 2.05) is 35.1 Å². The first kappa shape index (κ1) is 37.8. The van der Waals surface area contributed by atoms with Crippen LogP contribution in [0.3, 0.4) is 0 Å². The molecule has 4 heterocycles. The van der Waals surface area contributed by atoms with Gasteiger partial charge < -0.3 is 14.4 Å². The molecule has 1 fully saturated rings. The molecule has 0 radical (unpaired) electrons. The molecular weight excluding hydrogens is 709 g/mol. The molecule has 5 rings (SSSR count). The first-order valence-electron chi connectivity index (χ1n) is 17.9. The molecule has 0 spiro atoms. The number of ether oxygens (including phenoxy) is 2. The molecule has 3 aromatic heterocycles. The average Bonchev–Trinajstić information content (AvgIpc) is 3.47. The van der Waals surface area contributed by atoms with Crippen LogP contribution in [-0.2, 0) is 9.47 Å². The number of halogens is 1. The van der Waals surface area contributed by atoms with Crippen molar-refractivity contribution in [2.24, 2.45) is 0 Å². The fourth-order valence-corrected chi connectivity index (χ4v) is 8.49. The predicted molar refractivity (Wildman–Crippen MR) is 213 cm³/mol. The highest BCUT2D eigenvalue weighted by molar-refractivity contribution is 9.10. The van der Waals surface area contributed by atoms with Crippen molar-refractivity contribution in [2.75, 3.05) is 44.7 Å². The van der Waals surface area contributed by atoms with Gasteiger partial charge in [0.1, 0.15) is 13.5 Å². The second kappa shape index (κ2) is 15.9. The normalized spacial score (nSPS) is 15.3. The Morgan fingerprint density at radius 3 is 1.98 bits per heavy atom. The van der Waals surface area contributed by atoms with Crippen LogP contribution < -0.4 is 4.90 Å². The molecule has 1 aromatic carbocycles. The standard InChI is InChI=1S/C38H57BrN6O2Si2/c1-38(2,3)44-19-17-30(18-20-44)35-34(39)37(43(27-46-21-23-48(4,5)6)28-47-22-24-49(7,8)9)45-36(42-35)32(26-41-45)31-15-16-33(40-25-31)29-13-11-10-12-14-29/h10-16,25-26,30H,17-24,27-28H2,1-9H3. The Bertz CT molecular complexity index is 1630. The second-order valence-corrected chi connectivity index (χ2v) is 28.9. The van der Waals surface area contributed by atoms with Crippen molar-refractivity contribution >= 4 is 43.5 Å². The third-order valence-electron chi connectivity index (χ3n) is 9.35. The van der Waals surface area contributed by atoms with Gasteiger partial charge in [0, 0.05) is 63.7 Å². The largest absolute Gasteiger partial charge is 0.361 e. The van der Waals surface area contributed by atoms with E-state index in [1.165, 1.54) is 0 Å². The maximum atomic E-state index is 6.40. The van der Waals surface area contributed by atoms with Gasteiger partial charge in [-0.25, -0.2) is 4.98 Å². The number of fused-ring (bicyclic) bond motifs is 1. The number of benzene rings is 1. The number of pyridine rings is 1. The van der Waals surface area contributed by atoms with E-state index in [2.05, 4.69) is 110 Å². The molecule has 0 amide bonds. The van der Waals surface area contributed by atoms with E-state index in [0.29, 0.717) is 19.4 Å². The number of hydrogen-bond acceptors (Lipinski definition) is 7. The van der Waals surface area contributed by atoms with Gasteiger partial charge in [-0.2, -0.15) is 9.61 Å². The van der Waals surface area contributed by atoms with Crippen LogP contribution >= 0.6 is 15.9 Å². The lowest BCUT2D eigenvalue weighted by atomic mass is 9.90. The smallest absolute Gasteiger partial charge is 0.165 e. The molecule has 4 aromatic rings. The monoisotopic (exact) mass is 764 g/mol. The van der Waals surface area contributed by atoms with Gasteiger partial charge in [0.05, 0.1) is 22.1 Å². The molecule has 49 heavy (non-hydrogen) atoms. The van der Waals surface area contributed by atoms with Crippen LogP contribution in [0.4, 0.5) is 5.82 Å². The van der Waals surface area contributed by atoms with Crippen molar-refractivity contribution in [3.05, 3.63) is 65.0 Å². The molecule has 0 aliphatic carbocycles. The van der Waals surface area contributed by atoms with Gasteiger partial charge in [-0.3, -0.25) is 9.88 Å². The molecule has 1 aliphatic rings. The summed E-state index contributed by atoms with van der Waals surface area (Å²) in [6.07, 6.45) is 5.98. The predicted octanol–water partition coefficient (Wildman–Crippen LogP) is 9.63. The average molecular weight is 766 g/mol. The van der Waals surface area contributed by atoms with Gasteiger partial charge in [0.25, 0.3) is 0 Å². The van der Waals surface area contributed by atoms with Gasteiger partial charge in [-0.05, 0) is 80.8 Å². The minimum absolute atomic E-state index is 0.152. The Morgan fingerprint density at radius 2 is 1.45 bits per heavy atom. The summed E-state index contributed by atoms with van der Waals surface area (Å²) in [5.41, 5.74) is 6.07. The maximum absolute atomic E-state index is 6.40. The SMILES string of the molecule is CC(C)(C)N1CCC(c2nc3c(-c4ccc(-c5ccccc5)nc4)cnn3c(N(COCC[Si](C)(C)C)COCC[Si](C)(C)C)c2Br)CC1. The number of rotatable bonds is 14. The molecule has 0 atom stereocenters. The summed E-state index contributed by atoms with van der Waals surface area (Å²) in [6, 6.07) is 16.7. The van der Waals surface area contributed by atoms with E-state index >= 15 is 0 Å². The zero-order valence-electron chi connectivity index (χ0n) is 31.2. The van der Waals surface area contributed by atoms with Crippen molar-refractivity contribution in [3.63, 3.8) is 0 Å². The minimum Gasteiger partial charge on any atom is -0.361 e. The second-order valence-electron chi connectivity index (χ2n) is 16.9. The first-order chi connectivity index (χ1) is 23.1. The minimum atomic E-state index is -1.24. The van der Waals surface area contributed by atoms with E-state index in [0.717, 1.165) is 95.2 Å². The quantitative estimate of drug-likeness (QED) is 0.0720. The van der Waals surface area contributed by atoms with Gasteiger partial charge in [0.15, 0.2) is 11.5 Å². The summed E-state index contributed by atoms with van der Waals surface area (Å²) >= 11 is 4.09. The maximum Gasteiger partial charge on any atom is 0.165 e. The van der Waals surface area contributed by atoms with Crippen molar-refractivity contribution in [3.8, 4) is 22.4 Å². The lowest BCUT2D eigenvalue weighted by Crippen LogP contribution is -2.45. The molecule has 0 N–H and O–H groups in total. The van der Waals surface area contributed by atoms with E-state index in [9.17, 15) is 0 Å². The molecular formula is C38H57BrN6O2Si2. The van der Waals surface area contributed by atoms with Crippen molar-refractivity contribution in [1.82, 2.24) is 24.5 Å². The zero-order valence-corrected chi connectivity index (χ0v) is 34.8. The van der Waals surface area contributed by atoms with Crippen LogP contribution in [0.1, 0.15) is 45.2 Å². The Balaban J connectivity index is 1.55. The zero-order chi connectivity index (χ0) is 35.4. The van der Waals surface area contributed by atoms with Crippen molar-refractivity contribution < 1.29 is 9.47 Å². The van der Waals surface area contributed by atoms with Gasteiger partial charge in [-0.15, -0.1) is 0 Å². The van der Waals surface area contributed by atoms with Crippen LogP contribution in [0.25, 0.3) is 28.0 Å². The van der Waals surface area contributed by atoms with Crippen LogP contribution in [0.2, 0.25) is 51.4 Å². The number of aromatic nitrogens is 4. The molecule has 1 saturated heterocycles. The highest BCUT2D eigenvalue weighted by atomic mass is 79.9. The van der Waals surface area contributed by atoms with Crippen LogP contribution in [-0.4, -0.2) is 85.9 Å². The topological polar surface area (TPSA) is 68.0 Å². The number of hydrogen-bond donors (Lipinski definition) is 0. The number of piperidine rings is 1. The van der Waals surface area contributed by atoms with E-state index < -0.39 is 16.1 Å². The third kappa shape index (κ3) is 10.1. The molecule has 0 saturated carbocycles. The Kier molecular flexibility index (Phi) is 12.2. The third-order valence-corrected chi connectivity index (χ3v) is 13.5. The van der Waals surface area contributed by atoms with Crippen LogP contribution in [0.15, 0.2) is 59.3 Å². The molecule has 1 aliphatic heterocycles. The van der Waals surface area contributed by atoms with Gasteiger partial charge >= 0.3 is 0 Å². The number of anilines is 1.